The molecule has 0 amide bonds. The molecule has 2 saturated heterocycles. The van der Waals surface area contributed by atoms with Crippen molar-refractivity contribution in [2.45, 2.75) is 179 Å². The van der Waals surface area contributed by atoms with Gasteiger partial charge in [0.05, 0.1) is 36.9 Å². The summed E-state index contributed by atoms with van der Waals surface area (Å²) in [5.74, 6) is -2.46. The minimum atomic E-state index is -1.48. The van der Waals surface area contributed by atoms with Gasteiger partial charge in [0.1, 0.15) is 42.4 Å². The van der Waals surface area contributed by atoms with Gasteiger partial charge in [0.2, 0.25) is 0 Å². The SMILES string of the molecule is CCC(=O)O[C@@H]1CC(=O)O[C@H](C)C/C=C/C=C/[C@H](OC)[C@H](C)C[C@H](CC=O)[C@H](O[C@@H]2O[C@@H](C)[C@@H](O[C@@H]3C[C@@](C)(O)[C@@H](OC(=O)CC)[C@H](C)O3)[C@H](N(C)C)[C@@H]2O)[C@H]1OC. The first-order valence-corrected chi connectivity index (χ1v) is 20.5. The highest BCUT2D eigenvalue weighted by atomic mass is 16.7. The van der Waals surface area contributed by atoms with Crippen LogP contribution in [0.3, 0.4) is 0 Å². The summed E-state index contributed by atoms with van der Waals surface area (Å²) in [6.45, 7) is 12.0. The third-order valence-corrected chi connectivity index (χ3v) is 11.1. The maximum atomic E-state index is 13.4. The fourth-order valence-corrected chi connectivity index (χ4v) is 8.12. The fourth-order valence-electron chi connectivity index (χ4n) is 8.12. The van der Waals surface area contributed by atoms with Crippen LogP contribution in [-0.2, 0) is 61.8 Å². The highest BCUT2D eigenvalue weighted by Crippen LogP contribution is 2.38. The number of hydrogen-bond donors (Lipinski definition) is 2. The Bertz CT molecular complexity index is 1370. The molecule has 332 valence electrons. The Hall–Kier alpha value is -2.80. The molecule has 3 heterocycles. The average molecular weight is 828 g/mol. The predicted molar refractivity (Wildman–Crippen MR) is 210 cm³/mol. The maximum absolute atomic E-state index is 13.4. The Kier molecular flexibility index (Phi) is 19.9. The molecule has 16 heteroatoms. The lowest BCUT2D eigenvalue weighted by Crippen LogP contribution is -2.66. The van der Waals surface area contributed by atoms with Crippen LogP contribution < -0.4 is 0 Å². The lowest BCUT2D eigenvalue weighted by Gasteiger charge is -2.50. The number of methoxy groups -OCH3 is 2. The van der Waals surface area contributed by atoms with E-state index in [1.165, 1.54) is 7.11 Å². The van der Waals surface area contributed by atoms with Crippen molar-refractivity contribution in [3.63, 3.8) is 0 Å². The van der Waals surface area contributed by atoms with Crippen LogP contribution in [0.4, 0.5) is 0 Å². The normalized spacial score (nSPS) is 40.6. The number of aliphatic hydroxyl groups is 2. The van der Waals surface area contributed by atoms with Gasteiger partial charge in [-0.15, -0.1) is 0 Å². The van der Waals surface area contributed by atoms with Crippen LogP contribution in [-0.4, -0.2) is 153 Å². The molecule has 0 bridgehead atoms. The summed E-state index contributed by atoms with van der Waals surface area (Å²) in [4.78, 5) is 52.5. The molecule has 2 N–H and O–H groups in total. The molecular weight excluding hydrogens is 758 g/mol. The van der Waals surface area contributed by atoms with E-state index in [0.717, 1.165) is 6.29 Å². The molecular formula is C42H69NO15. The Balaban J connectivity index is 2.03. The molecule has 3 rings (SSSR count). The second-order valence-corrected chi connectivity index (χ2v) is 16.2. The third kappa shape index (κ3) is 13.6. The number of aldehydes is 1. The number of rotatable bonds is 13. The molecule has 0 saturated carbocycles. The number of carbonyl (C=O) groups excluding carboxylic acids is 4. The smallest absolute Gasteiger partial charge is 0.309 e. The summed E-state index contributed by atoms with van der Waals surface area (Å²) in [7, 11) is 6.53. The Labute approximate surface area is 343 Å². The van der Waals surface area contributed by atoms with Gasteiger partial charge < -0.3 is 62.5 Å². The lowest BCUT2D eigenvalue weighted by atomic mass is 9.82. The van der Waals surface area contributed by atoms with Gasteiger partial charge in [0, 0.05) is 46.3 Å². The summed E-state index contributed by atoms with van der Waals surface area (Å²) in [6, 6.07) is -0.759. The molecule has 0 aliphatic carbocycles. The second-order valence-electron chi connectivity index (χ2n) is 16.2. The van der Waals surface area contributed by atoms with E-state index in [-0.39, 0.29) is 44.1 Å². The highest BCUT2D eigenvalue weighted by molar-refractivity contribution is 5.72. The summed E-state index contributed by atoms with van der Waals surface area (Å²) in [5, 5.41) is 23.5. The van der Waals surface area contributed by atoms with E-state index in [1.807, 2.05) is 31.2 Å². The number of ether oxygens (including phenoxy) is 9. The molecule has 58 heavy (non-hydrogen) atoms. The second kappa shape index (κ2) is 23.3. The van der Waals surface area contributed by atoms with Crippen LogP contribution in [0.1, 0.15) is 93.4 Å². The zero-order valence-corrected chi connectivity index (χ0v) is 36.1. The number of hydrogen-bond acceptors (Lipinski definition) is 16. The minimum Gasteiger partial charge on any atom is -0.462 e. The number of esters is 3. The van der Waals surface area contributed by atoms with Gasteiger partial charge in [-0.25, -0.2) is 0 Å². The number of carbonyl (C=O) groups is 4. The van der Waals surface area contributed by atoms with E-state index >= 15 is 0 Å². The lowest BCUT2D eigenvalue weighted by molar-refractivity contribution is -0.344. The third-order valence-electron chi connectivity index (χ3n) is 11.1. The summed E-state index contributed by atoms with van der Waals surface area (Å²) >= 11 is 0. The molecule has 0 unspecified atom stereocenters. The summed E-state index contributed by atoms with van der Waals surface area (Å²) in [5.41, 5.74) is -1.48. The van der Waals surface area contributed by atoms with Crippen LogP contribution in [0.5, 0.6) is 0 Å². The van der Waals surface area contributed by atoms with Crippen molar-refractivity contribution in [2.75, 3.05) is 28.3 Å². The van der Waals surface area contributed by atoms with Gasteiger partial charge in [-0.1, -0.05) is 45.1 Å². The van der Waals surface area contributed by atoms with Gasteiger partial charge in [0.15, 0.2) is 18.7 Å². The first kappa shape index (κ1) is 49.6. The van der Waals surface area contributed by atoms with E-state index < -0.39 is 103 Å². The van der Waals surface area contributed by atoms with Crippen LogP contribution in [0.2, 0.25) is 0 Å². The number of allylic oxidation sites excluding steroid dienone is 2. The van der Waals surface area contributed by atoms with Crippen molar-refractivity contribution >= 4 is 24.2 Å². The van der Waals surface area contributed by atoms with E-state index in [9.17, 15) is 29.4 Å². The molecule has 3 aliphatic heterocycles. The van der Waals surface area contributed by atoms with Gasteiger partial charge in [-0.2, -0.15) is 0 Å². The van der Waals surface area contributed by atoms with Crippen molar-refractivity contribution in [3.8, 4) is 0 Å². The number of aliphatic hydroxyl groups excluding tert-OH is 1. The molecule has 16 nitrogen and oxygen atoms in total. The van der Waals surface area contributed by atoms with Crippen LogP contribution in [0, 0.1) is 11.8 Å². The Morgan fingerprint density at radius 3 is 2.21 bits per heavy atom. The van der Waals surface area contributed by atoms with E-state index in [4.69, 9.17) is 42.6 Å². The first-order chi connectivity index (χ1) is 27.4. The molecule has 0 aromatic rings. The molecule has 3 aliphatic rings. The number of nitrogens with zero attached hydrogens (tertiary/aromatic N) is 1. The molecule has 16 atom stereocenters. The van der Waals surface area contributed by atoms with Crippen LogP contribution in [0.25, 0.3) is 0 Å². The molecule has 0 radical (unpaired) electrons. The Morgan fingerprint density at radius 2 is 1.62 bits per heavy atom. The highest BCUT2D eigenvalue weighted by Gasteiger charge is 2.53. The fraction of sp³-hybridized carbons (Fsp3) is 0.810. The molecule has 0 aromatic heterocycles. The average Bonchev–Trinajstić information content (AvgIpc) is 3.15. The van der Waals surface area contributed by atoms with Crippen LogP contribution in [0.15, 0.2) is 24.3 Å². The van der Waals surface area contributed by atoms with E-state index in [1.54, 1.807) is 67.6 Å². The maximum Gasteiger partial charge on any atom is 0.309 e. The minimum absolute atomic E-state index is 0.0161. The van der Waals surface area contributed by atoms with Gasteiger partial charge in [0.25, 0.3) is 0 Å². The van der Waals surface area contributed by atoms with E-state index in [2.05, 4.69) is 0 Å². The standard InChI is InChI=1S/C42H69NO15/c1-12-31(45)55-30-22-33(47)52-25(4)17-15-14-16-18-29(50-10)24(3)21-28(19-20-44)38(39(30)51-11)58-41-36(48)35(43(8)9)37(26(5)54-41)57-34-23-42(7,49)40(27(6)53-34)56-32(46)13-2/h14-16,18,20,24-30,34-41,48-49H,12-13,17,19,21-23H2,1-11H3/b15-14+,18-16+/t24-,25-,26+,27+,28+,29+,30-,34-,35-,36+,37-,38+,39+,40+,41+,42-/m1/s1. The van der Waals surface area contributed by atoms with Gasteiger partial charge in [-0.05, 0) is 60.0 Å². The van der Waals surface area contributed by atoms with Crippen LogP contribution >= 0.6 is 0 Å². The van der Waals surface area contributed by atoms with Crippen molar-refractivity contribution in [2.24, 2.45) is 11.8 Å². The zero-order chi connectivity index (χ0) is 43.3. The molecule has 2 fully saturated rings. The topological polar surface area (TPSA) is 195 Å². The quantitative estimate of drug-likeness (QED) is 0.156. The predicted octanol–water partition coefficient (Wildman–Crippen LogP) is 3.42. The Morgan fingerprint density at radius 1 is 0.948 bits per heavy atom. The van der Waals surface area contributed by atoms with E-state index in [0.29, 0.717) is 12.8 Å². The largest absolute Gasteiger partial charge is 0.462 e. The van der Waals surface area contributed by atoms with Crippen molar-refractivity contribution in [3.05, 3.63) is 24.3 Å². The summed E-state index contributed by atoms with van der Waals surface area (Å²) < 4.78 is 54.7. The molecule has 0 aromatic carbocycles. The molecule has 0 spiro atoms. The van der Waals surface area contributed by atoms with Crippen molar-refractivity contribution in [1.82, 2.24) is 4.90 Å². The first-order valence-electron chi connectivity index (χ1n) is 20.5. The number of likely N-dealkylation sites (N-methyl/N-ethyl adjacent to an activating group) is 1. The van der Waals surface area contributed by atoms with Crippen molar-refractivity contribution in [1.29, 1.82) is 0 Å². The monoisotopic (exact) mass is 827 g/mol. The van der Waals surface area contributed by atoms with Crippen molar-refractivity contribution < 1.29 is 72.0 Å². The van der Waals surface area contributed by atoms with Gasteiger partial charge in [-0.3, -0.25) is 14.4 Å². The summed E-state index contributed by atoms with van der Waals surface area (Å²) in [6.07, 6.45) is -2.30. The van der Waals surface area contributed by atoms with Gasteiger partial charge >= 0.3 is 17.9 Å². The number of cyclic esters (lactones) is 1. The zero-order valence-electron chi connectivity index (χ0n) is 36.1.